The molecule has 0 bridgehead atoms. The largest absolute Gasteiger partial charge is 0.0888 e. The van der Waals surface area contributed by atoms with Crippen LogP contribution in [-0.4, -0.2) is 0 Å². The van der Waals surface area contributed by atoms with Crippen molar-refractivity contribution < 1.29 is 0 Å². The zero-order valence-electron chi connectivity index (χ0n) is 9.26. The van der Waals surface area contributed by atoms with Crippen molar-refractivity contribution in [1.82, 2.24) is 0 Å². The van der Waals surface area contributed by atoms with Crippen molar-refractivity contribution in [2.75, 3.05) is 0 Å². The van der Waals surface area contributed by atoms with E-state index in [1.165, 1.54) is 44.9 Å². The van der Waals surface area contributed by atoms with Gasteiger partial charge in [0.2, 0.25) is 0 Å². The van der Waals surface area contributed by atoms with Gasteiger partial charge in [-0.1, -0.05) is 51.7 Å². The lowest BCUT2D eigenvalue weighted by atomic mass is 10.1. The van der Waals surface area contributed by atoms with Gasteiger partial charge in [-0.2, -0.15) is 0 Å². The maximum absolute atomic E-state index is 2.38. The fourth-order valence-electron chi connectivity index (χ4n) is 2.05. The zero-order chi connectivity index (χ0) is 9.52. The molecule has 1 aliphatic carbocycles. The Morgan fingerprint density at radius 3 is 2.62 bits per heavy atom. The molecule has 2 atom stereocenters. The second kappa shape index (κ2) is 6.23. The van der Waals surface area contributed by atoms with Crippen LogP contribution < -0.4 is 0 Å². The molecule has 0 amide bonds. The van der Waals surface area contributed by atoms with E-state index in [1.807, 2.05) is 0 Å². The van der Waals surface area contributed by atoms with Crippen LogP contribution in [0.1, 0.15) is 58.8 Å². The van der Waals surface area contributed by atoms with Gasteiger partial charge in [-0.15, -0.1) is 0 Å². The fourth-order valence-corrected chi connectivity index (χ4v) is 2.05. The Morgan fingerprint density at radius 1 is 1.08 bits per heavy atom. The number of hydrogen-bond acceptors (Lipinski definition) is 0. The Hall–Kier alpha value is -0.260. The first-order chi connectivity index (χ1) is 6.38. The molecule has 2 unspecified atom stereocenters. The van der Waals surface area contributed by atoms with Gasteiger partial charge < -0.3 is 0 Å². The number of unbranched alkanes of at least 4 members (excludes halogenated alkanes) is 2. The molecule has 0 aliphatic heterocycles. The monoisotopic (exact) mass is 180 g/mol. The quantitative estimate of drug-likeness (QED) is 0.398. The number of rotatable bonds is 7. The van der Waals surface area contributed by atoms with Crippen molar-refractivity contribution in [3.05, 3.63) is 12.2 Å². The predicted octanol–water partition coefficient (Wildman–Crippen LogP) is 4.56. The zero-order valence-corrected chi connectivity index (χ0v) is 9.26. The lowest BCUT2D eigenvalue weighted by Crippen LogP contribution is -1.82. The molecule has 1 aliphatic rings. The van der Waals surface area contributed by atoms with Crippen molar-refractivity contribution in [2.24, 2.45) is 11.8 Å². The van der Waals surface area contributed by atoms with Crippen LogP contribution >= 0.6 is 0 Å². The van der Waals surface area contributed by atoms with Gasteiger partial charge in [0, 0.05) is 0 Å². The van der Waals surface area contributed by atoms with Gasteiger partial charge in [-0.05, 0) is 31.1 Å². The number of hydrogen-bond donors (Lipinski definition) is 0. The molecule has 0 nitrogen and oxygen atoms in total. The summed E-state index contributed by atoms with van der Waals surface area (Å²) in [4.78, 5) is 0. The lowest BCUT2D eigenvalue weighted by Gasteiger charge is -1.96. The average Bonchev–Trinajstić information content (AvgIpc) is 2.85. The molecule has 0 aromatic heterocycles. The van der Waals surface area contributed by atoms with Crippen LogP contribution in [0.5, 0.6) is 0 Å². The molecule has 1 rings (SSSR count). The Labute approximate surface area is 83.4 Å². The Bertz CT molecular complexity index is 146. The first kappa shape index (κ1) is 10.8. The first-order valence-corrected chi connectivity index (χ1v) is 6.03. The highest BCUT2D eigenvalue weighted by Gasteiger charge is 2.34. The third-order valence-corrected chi connectivity index (χ3v) is 3.09. The maximum atomic E-state index is 2.38. The minimum absolute atomic E-state index is 1.06. The van der Waals surface area contributed by atoms with Crippen molar-refractivity contribution in [1.29, 1.82) is 0 Å². The number of allylic oxidation sites excluding steroid dienone is 2. The summed E-state index contributed by atoms with van der Waals surface area (Å²) < 4.78 is 0. The second-order valence-electron chi connectivity index (χ2n) is 4.37. The molecule has 0 saturated heterocycles. The van der Waals surface area contributed by atoms with E-state index < -0.39 is 0 Å². The van der Waals surface area contributed by atoms with E-state index in [-0.39, 0.29) is 0 Å². The van der Waals surface area contributed by atoms with Crippen molar-refractivity contribution in [3.63, 3.8) is 0 Å². The maximum Gasteiger partial charge on any atom is -0.0319 e. The molecule has 0 heteroatoms. The summed E-state index contributed by atoms with van der Waals surface area (Å²) in [5.41, 5.74) is 0. The Balaban J connectivity index is 1.93. The molecule has 1 fully saturated rings. The van der Waals surface area contributed by atoms with Crippen LogP contribution in [0.15, 0.2) is 12.2 Å². The van der Waals surface area contributed by atoms with Crippen molar-refractivity contribution in [2.45, 2.75) is 58.8 Å². The molecule has 0 N–H and O–H groups in total. The SMILES string of the molecule is CCC=CCC1CC1CCCCC. The van der Waals surface area contributed by atoms with E-state index in [2.05, 4.69) is 26.0 Å². The van der Waals surface area contributed by atoms with E-state index in [9.17, 15) is 0 Å². The lowest BCUT2D eigenvalue weighted by molar-refractivity contribution is 0.583. The molecule has 13 heavy (non-hydrogen) atoms. The Morgan fingerprint density at radius 2 is 1.92 bits per heavy atom. The van der Waals surface area contributed by atoms with Crippen LogP contribution in [0.3, 0.4) is 0 Å². The standard InChI is InChI=1S/C13H24/c1-3-5-7-9-12-11-13(12)10-8-6-4-2/h5,7,12-13H,3-4,6,8-11H2,1-2H3. The molecule has 0 spiro atoms. The Kier molecular flexibility index (Phi) is 5.19. The van der Waals surface area contributed by atoms with E-state index in [4.69, 9.17) is 0 Å². The van der Waals surface area contributed by atoms with Gasteiger partial charge in [-0.25, -0.2) is 0 Å². The van der Waals surface area contributed by atoms with E-state index in [0.717, 1.165) is 11.8 Å². The summed E-state index contributed by atoms with van der Waals surface area (Å²) in [5, 5.41) is 0. The smallest absolute Gasteiger partial charge is 0.0319 e. The highest BCUT2D eigenvalue weighted by atomic mass is 14.4. The molecule has 1 saturated carbocycles. The van der Waals surface area contributed by atoms with Crippen LogP contribution in [0, 0.1) is 11.8 Å². The molecule has 0 aromatic carbocycles. The third-order valence-electron chi connectivity index (χ3n) is 3.09. The van der Waals surface area contributed by atoms with Gasteiger partial charge in [0.25, 0.3) is 0 Å². The minimum atomic E-state index is 1.06. The highest BCUT2D eigenvalue weighted by Crippen LogP contribution is 2.44. The third kappa shape index (κ3) is 4.50. The van der Waals surface area contributed by atoms with Crippen LogP contribution in [0.25, 0.3) is 0 Å². The van der Waals surface area contributed by atoms with Crippen LogP contribution in [-0.2, 0) is 0 Å². The molecule has 0 heterocycles. The highest BCUT2D eigenvalue weighted by molar-refractivity contribution is 4.93. The molecular formula is C13H24. The van der Waals surface area contributed by atoms with Crippen molar-refractivity contribution in [3.8, 4) is 0 Å². The summed E-state index contributed by atoms with van der Waals surface area (Å²) >= 11 is 0. The van der Waals surface area contributed by atoms with E-state index >= 15 is 0 Å². The topological polar surface area (TPSA) is 0 Å². The van der Waals surface area contributed by atoms with Gasteiger partial charge in [0.05, 0.1) is 0 Å². The van der Waals surface area contributed by atoms with Gasteiger partial charge in [0.15, 0.2) is 0 Å². The summed E-state index contributed by atoms with van der Waals surface area (Å²) in [6.45, 7) is 4.50. The van der Waals surface area contributed by atoms with E-state index in [1.54, 1.807) is 0 Å². The molecule has 76 valence electrons. The summed E-state index contributed by atoms with van der Waals surface area (Å²) in [6.07, 6.45) is 14.5. The minimum Gasteiger partial charge on any atom is -0.0888 e. The summed E-state index contributed by atoms with van der Waals surface area (Å²) in [5.74, 6) is 2.15. The normalized spacial score (nSPS) is 26.9. The van der Waals surface area contributed by atoms with Gasteiger partial charge in [-0.3, -0.25) is 0 Å². The summed E-state index contributed by atoms with van der Waals surface area (Å²) in [6, 6.07) is 0. The molecule has 0 aromatic rings. The van der Waals surface area contributed by atoms with Gasteiger partial charge >= 0.3 is 0 Å². The van der Waals surface area contributed by atoms with Crippen LogP contribution in [0.4, 0.5) is 0 Å². The average molecular weight is 180 g/mol. The fraction of sp³-hybridized carbons (Fsp3) is 0.846. The first-order valence-electron chi connectivity index (χ1n) is 6.03. The van der Waals surface area contributed by atoms with Crippen molar-refractivity contribution >= 4 is 0 Å². The predicted molar refractivity (Wildman–Crippen MR) is 59.8 cm³/mol. The molecular weight excluding hydrogens is 156 g/mol. The summed E-state index contributed by atoms with van der Waals surface area (Å²) in [7, 11) is 0. The molecule has 0 radical (unpaired) electrons. The van der Waals surface area contributed by atoms with Crippen LogP contribution in [0.2, 0.25) is 0 Å². The van der Waals surface area contributed by atoms with Gasteiger partial charge in [0.1, 0.15) is 0 Å². The van der Waals surface area contributed by atoms with E-state index in [0.29, 0.717) is 0 Å². The second-order valence-corrected chi connectivity index (χ2v) is 4.37.